The van der Waals surface area contributed by atoms with Gasteiger partial charge in [-0.2, -0.15) is 0 Å². The number of rotatable bonds is 2. The first-order valence-electron chi connectivity index (χ1n) is 3.62. The van der Waals surface area contributed by atoms with Gasteiger partial charge in [0.25, 0.3) is 0 Å². The van der Waals surface area contributed by atoms with E-state index in [9.17, 15) is 4.79 Å². The highest BCUT2D eigenvalue weighted by atomic mass is 79.9. The van der Waals surface area contributed by atoms with Crippen LogP contribution in [0.2, 0.25) is 0 Å². The van der Waals surface area contributed by atoms with Crippen molar-refractivity contribution in [2.75, 3.05) is 0 Å². The van der Waals surface area contributed by atoms with Crippen molar-refractivity contribution in [2.24, 2.45) is 0 Å². The Balaban J connectivity index is 3.08. The van der Waals surface area contributed by atoms with Crippen molar-refractivity contribution in [2.45, 2.75) is 13.3 Å². The molecule has 0 bridgehead atoms. The molecule has 1 aromatic carbocycles. The first-order chi connectivity index (χ1) is 5.63. The average molecular weight is 292 g/mol. The molecule has 1 rings (SSSR count). The summed E-state index contributed by atoms with van der Waals surface area (Å²) in [5.41, 5.74) is 0.749. The zero-order valence-electron chi connectivity index (χ0n) is 6.60. The van der Waals surface area contributed by atoms with Gasteiger partial charge in [-0.25, -0.2) is 0 Å². The normalized spacial score (nSPS) is 9.92. The van der Waals surface area contributed by atoms with Gasteiger partial charge in [-0.05, 0) is 18.2 Å². The van der Waals surface area contributed by atoms with Gasteiger partial charge in [0.1, 0.15) is 0 Å². The van der Waals surface area contributed by atoms with Crippen molar-refractivity contribution < 1.29 is 4.79 Å². The Labute approximate surface area is 88.4 Å². The van der Waals surface area contributed by atoms with Crippen LogP contribution >= 0.6 is 31.9 Å². The van der Waals surface area contributed by atoms with Gasteiger partial charge in [-0.3, -0.25) is 4.79 Å². The summed E-state index contributed by atoms with van der Waals surface area (Å²) in [7, 11) is 0. The minimum absolute atomic E-state index is 0.164. The maximum atomic E-state index is 11.3. The number of hydrogen-bond donors (Lipinski definition) is 0. The second-order valence-corrected chi connectivity index (χ2v) is 4.27. The molecule has 0 amide bonds. The maximum Gasteiger partial charge on any atom is 0.162 e. The summed E-state index contributed by atoms with van der Waals surface area (Å²) in [4.78, 5) is 11.3. The fraction of sp³-hybridized carbons (Fsp3) is 0.222. The maximum absolute atomic E-state index is 11.3. The zero-order chi connectivity index (χ0) is 9.14. The summed E-state index contributed by atoms with van der Waals surface area (Å²) < 4.78 is 1.85. The average Bonchev–Trinajstić information content (AvgIpc) is 2.01. The van der Waals surface area contributed by atoms with Crippen LogP contribution in [0.1, 0.15) is 23.7 Å². The monoisotopic (exact) mass is 290 g/mol. The van der Waals surface area contributed by atoms with E-state index in [1.165, 1.54) is 0 Å². The third-order valence-electron chi connectivity index (χ3n) is 1.51. The van der Waals surface area contributed by atoms with Crippen molar-refractivity contribution in [1.82, 2.24) is 0 Å². The van der Waals surface area contributed by atoms with Crippen molar-refractivity contribution in [1.29, 1.82) is 0 Å². The van der Waals surface area contributed by atoms with Crippen LogP contribution in [0.5, 0.6) is 0 Å². The lowest BCUT2D eigenvalue weighted by Gasteiger charge is -1.99. The molecule has 0 aliphatic rings. The molecule has 0 heterocycles. The second-order valence-electron chi connectivity index (χ2n) is 2.43. The van der Waals surface area contributed by atoms with Gasteiger partial charge in [0, 0.05) is 20.9 Å². The van der Waals surface area contributed by atoms with E-state index >= 15 is 0 Å². The first-order valence-corrected chi connectivity index (χ1v) is 5.21. The standard InChI is InChI=1S/C9H8Br2O/c1-2-9(12)6-3-7(10)5-8(11)4-6/h3-5H,2H2,1H3. The van der Waals surface area contributed by atoms with Crippen LogP contribution < -0.4 is 0 Å². The molecule has 1 nitrogen and oxygen atoms in total. The molecule has 0 unspecified atom stereocenters. The number of hydrogen-bond acceptors (Lipinski definition) is 1. The molecule has 0 aliphatic carbocycles. The van der Waals surface area contributed by atoms with Crippen LogP contribution in [0.3, 0.4) is 0 Å². The SMILES string of the molecule is CCC(=O)c1cc(Br)cc(Br)c1. The number of benzene rings is 1. The molecule has 0 aliphatic heterocycles. The summed E-state index contributed by atoms with van der Waals surface area (Å²) in [6.07, 6.45) is 0.545. The largest absolute Gasteiger partial charge is 0.294 e. The highest BCUT2D eigenvalue weighted by molar-refractivity contribution is 9.11. The third kappa shape index (κ3) is 2.42. The summed E-state index contributed by atoms with van der Waals surface area (Å²) in [5, 5.41) is 0. The Hall–Kier alpha value is -0.150. The minimum Gasteiger partial charge on any atom is -0.294 e. The molecule has 1 aromatic rings. The number of halogens is 2. The second kappa shape index (κ2) is 4.19. The topological polar surface area (TPSA) is 17.1 Å². The predicted octanol–water partition coefficient (Wildman–Crippen LogP) is 3.80. The Morgan fingerprint density at radius 2 is 1.75 bits per heavy atom. The van der Waals surface area contributed by atoms with E-state index in [1.54, 1.807) is 0 Å². The molecule has 0 N–H and O–H groups in total. The fourth-order valence-electron chi connectivity index (χ4n) is 0.919. The lowest BCUT2D eigenvalue weighted by atomic mass is 10.1. The van der Waals surface area contributed by atoms with E-state index < -0.39 is 0 Å². The molecule has 3 heteroatoms. The van der Waals surface area contributed by atoms with Gasteiger partial charge >= 0.3 is 0 Å². The molecule has 0 saturated heterocycles. The van der Waals surface area contributed by atoms with Crippen molar-refractivity contribution in [3.05, 3.63) is 32.7 Å². The quantitative estimate of drug-likeness (QED) is 0.758. The van der Waals surface area contributed by atoms with E-state index in [1.807, 2.05) is 25.1 Å². The molecule has 0 atom stereocenters. The van der Waals surface area contributed by atoms with E-state index in [-0.39, 0.29) is 5.78 Å². The summed E-state index contributed by atoms with van der Waals surface area (Å²) in [5.74, 6) is 0.164. The molecular formula is C9H8Br2O. The van der Waals surface area contributed by atoms with E-state index in [0.717, 1.165) is 14.5 Å². The first kappa shape index (κ1) is 9.93. The predicted molar refractivity (Wildman–Crippen MR) is 56.5 cm³/mol. The molecule has 0 radical (unpaired) electrons. The lowest BCUT2D eigenvalue weighted by molar-refractivity contribution is 0.0988. The van der Waals surface area contributed by atoms with E-state index in [2.05, 4.69) is 31.9 Å². The van der Waals surface area contributed by atoms with Gasteiger partial charge in [-0.15, -0.1) is 0 Å². The van der Waals surface area contributed by atoms with Gasteiger partial charge in [0.05, 0.1) is 0 Å². The highest BCUT2D eigenvalue weighted by Gasteiger charge is 2.04. The fourth-order valence-corrected chi connectivity index (χ4v) is 2.21. The number of carbonyl (C=O) groups is 1. The summed E-state index contributed by atoms with van der Waals surface area (Å²) >= 11 is 6.66. The Kier molecular flexibility index (Phi) is 3.47. The van der Waals surface area contributed by atoms with Gasteiger partial charge < -0.3 is 0 Å². The zero-order valence-corrected chi connectivity index (χ0v) is 9.78. The molecule has 64 valence electrons. The van der Waals surface area contributed by atoms with Crippen LogP contribution in [0.15, 0.2) is 27.1 Å². The van der Waals surface area contributed by atoms with Gasteiger partial charge in [0.2, 0.25) is 0 Å². The highest BCUT2D eigenvalue weighted by Crippen LogP contribution is 2.20. The van der Waals surface area contributed by atoms with Crippen molar-refractivity contribution in [3.63, 3.8) is 0 Å². The van der Waals surface area contributed by atoms with Crippen molar-refractivity contribution >= 4 is 37.6 Å². The number of ketones is 1. The molecule has 12 heavy (non-hydrogen) atoms. The number of carbonyl (C=O) groups excluding carboxylic acids is 1. The van der Waals surface area contributed by atoms with Gasteiger partial charge in [0.15, 0.2) is 5.78 Å². The van der Waals surface area contributed by atoms with Crippen LogP contribution in [-0.4, -0.2) is 5.78 Å². The summed E-state index contributed by atoms with van der Waals surface area (Å²) in [6, 6.07) is 5.57. The molecule has 0 fully saturated rings. The molecular weight excluding hydrogens is 284 g/mol. The van der Waals surface area contributed by atoms with Crippen LogP contribution in [0.4, 0.5) is 0 Å². The van der Waals surface area contributed by atoms with Crippen LogP contribution in [0, 0.1) is 0 Å². The van der Waals surface area contributed by atoms with Crippen LogP contribution in [0.25, 0.3) is 0 Å². The van der Waals surface area contributed by atoms with Crippen molar-refractivity contribution in [3.8, 4) is 0 Å². The van der Waals surface area contributed by atoms with E-state index in [0.29, 0.717) is 6.42 Å². The number of Topliss-reactive ketones (excluding diaryl/α,β-unsaturated/α-hetero) is 1. The molecule has 0 saturated carbocycles. The van der Waals surface area contributed by atoms with E-state index in [4.69, 9.17) is 0 Å². The lowest BCUT2D eigenvalue weighted by Crippen LogP contribution is -1.95. The van der Waals surface area contributed by atoms with Crippen LogP contribution in [-0.2, 0) is 0 Å². The Morgan fingerprint density at radius 1 is 1.25 bits per heavy atom. The smallest absolute Gasteiger partial charge is 0.162 e. The Bertz CT molecular complexity index is 287. The molecule has 0 aromatic heterocycles. The third-order valence-corrected chi connectivity index (χ3v) is 2.42. The Morgan fingerprint density at radius 3 is 2.17 bits per heavy atom. The summed E-state index contributed by atoms with van der Waals surface area (Å²) in [6.45, 7) is 1.86. The minimum atomic E-state index is 0.164. The molecule has 0 spiro atoms. The van der Waals surface area contributed by atoms with Gasteiger partial charge in [-0.1, -0.05) is 38.8 Å².